The van der Waals surface area contributed by atoms with Gasteiger partial charge >= 0.3 is 11.7 Å². The van der Waals surface area contributed by atoms with E-state index in [1.165, 1.54) is 15.7 Å². The van der Waals surface area contributed by atoms with Crippen molar-refractivity contribution in [1.29, 1.82) is 0 Å². The summed E-state index contributed by atoms with van der Waals surface area (Å²) >= 11 is 0. The number of hydrogen-bond acceptors (Lipinski definition) is 11. The van der Waals surface area contributed by atoms with Crippen LogP contribution in [0.4, 0.5) is 5.82 Å². The summed E-state index contributed by atoms with van der Waals surface area (Å²) in [6.07, 6.45) is 3.69. The molecule has 0 radical (unpaired) electrons. The standard InChI is InChI=1S/C19H21N13O2.ClH/c1-12(13-5-4-6-14(9-13)31-11-21-27-29-31)22-24-19(33)16-15(10-30-7-2-3-8-30)32(28-23-16)18-17(20)25-34-26-18;/h4-6,9,11H,2-3,7-8,10H2,1H3,(H3,20,24,25,33);1H/b22-12+;. The molecule has 0 atom stereocenters. The van der Waals surface area contributed by atoms with Gasteiger partial charge in [0.25, 0.3) is 11.5 Å². The van der Waals surface area contributed by atoms with Crippen molar-refractivity contribution >= 4 is 17.4 Å². The van der Waals surface area contributed by atoms with E-state index < -0.39 is 5.91 Å². The maximum atomic E-state index is 13.0. The number of hydrogen-bond donors (Lipinski definition) is 3. The molecule has 4 N–H and O–H groups in total. The molecule has 0 unspecified atom stereocenters. The van der Waals surface area contributed by atoms with Crippen molar-refractivity contribution in [2.24, 2.45) is 5.10 Å². The van der Waals surface area contributed by atoms with Crippen LogP contribution in [-0.2, 0) is 6.54 Å². The number of carbonyl (C=O) groups excluding carboxylic acids is 1. The number of hydrazone groups is 1. The number of nitrogen functional groups attached to an aromatic ring is 1. The van der Waals surface area contributed by atoms with Crippen LogP contribution in [0.5, 0.6) is 0 Å². The highest BCUT2D eigenvalue weighted by atomic mass is 35.5. The number of carbonyl (C=O) groups is 1. The molecule has 1 saturated heterocycles. The number of likely N-dealkylation sites (tertiary alicyclic amines) is 1. The smallest absolute Gasteiger partial charge is 0.377 e. The number of amides is 1. The molecule has 0 spiro atoms. The first kappa shape index (κ1) is 23.9. The summed E-state index contributed by atoms with van der Waals surface area (Å²) in [5, 5.41) is 29.8. The molecule has 4 heterocycles. The van der Waals surface area contributed by atoms with Crippen molar-refractivity contribution in [2.45, 2.75) is 26.3 Å². The van der Waals surface area contributed by atoms with Gasteiger partial charge in [0.2, 0.25) is 0 Å². The molecule has 182 valence electrons. The first-order valence-electron chi connectivity index (χ1n) is 10.6. The number of aromatic amines is 1. The van der Waals surface area contributed by atoms with Crippen LogP contribution in [0.1, 0.15) is 41.5 Å². The van der Waals surface area contributed by atoms with Gasteiger partial charge in [-0.2, -0.15) is 9.73 Å². The molecule has 3 aromatic heterocycles. The van der Waals surface area contributed by atoms with Gasteiger partial charge in [0, 0.05) is 0 Å². The minimum atomic E-state index is -0.477. The first-order valence-corrected chi connectivity index (χ1v) is 10.6. The zero-order chi connectivity index (χ0) is 23.5. The largest absolute Gasteiger partial charge is 1.00 e. The number of benzene rings is 1. The summed E-state index contributed by atoms with van der Waals surface area (Å²) in [6.45, 7) is 4.11. The monoisotopic (exact) mass is 499 g/mol. The quantitative estimate of drug-likeness (QED) is 0.130. The number of nitrogens with two attached hydrogens (primary N) is 1. The lowest BCUT2D eigenvalue weighted by atomic mass is 10.1. The summed E-state index contributed by atoms with van der Waals surface area (Å²) in [6, 6.07) is 7.46. The van der Waals surface area contributed by atoms with Gasteiger partial charge < -0.3 is 18.1 Å². The average Bonchev–Trinajstić information content (AvgIpc) is 3.66. The van der Waals surface area contributed by atoms with Gasteiger partial charge in [-0.1, -0.05) is 12.1 Å². The molecule has 0 bridgehead atoms. The molecule has 16 heteroatoms. The van der Waals surface area contributed by atoms with Crippen molar-refractivity contribution in [1.82, 2.24) is 51.2 Å². The number of nitrogens with one attached hydrogen (secondary N) is 2. The van der Waals surface area contributed by atoms with E-state index in [9.17, 15) is 4.79 Å². The van der Waals surface area contributed by atoms with Crippen LogP contribution in [0.15, 0.2) is 40.3 Å². The van der Waals surface area contributed by atoms with Crippen molar-refractivity contribution in [3.05, 3.63) is 47.5 Å². The Bertz CT molecular complexity index is 1320. The van der Waals surface area contributed by atoms with Crippen LogP contribution in [0.25, 0.3) is 11.5 Å². The number of nitrogens with zero attached hydrogens (tertiary/aromatic N) is 10. The Morgan fingerprint density at radius 2 is 2.14 bits per heavy atom. The number of aromatic nitrogens is 9. The molecule has 35 heavy (non-hydrogen) atoms. The Hall–Kier alpha value is -4.24. The first-order chi connectivity index (χ1) is 16.6. The normalized spacial score (nSPS) is 14.1. The molecule has 1 aliphatic heterocycles. The molecule has 4 aromatic rings. The van der Waals surface area contributed by atoms with Gasteiger partial charge in [0.1, 0.15) is 11.5 Å². The summed E-state index contributed by atoms with van der Waals surface area (Å²) in [5.74, 6) is -0.158. The Morgan fingerprint density at radius 1 is 1.31 bits per heavy atom. The van der Waals surface area contributed by atoms with Crippen LogP contribution < -0.4 is 28.2 Å². The lowest BCUT2D eigenvalue weighted by Gasteiger charge is -2.12. The van der Waals surface area contributed by atoms with Gasteiger partial charge in [-0.05, 0) is 71.2 Å². The van der Waals surface area contributed by atoms with E-state index in [4.69, 9.17) is 10.4 Å². The SMILES string of the molecule is C/C(=N\NC(=O)c1n[nH][n+](-c2nonc2N)c1CN1CCCC1)c1cccc(-n2cnnn2)c1.[Cl-]. The molecule has 1 aromatic carbocycles. The fraction of sp³-hybridized carbons (Fsp3) is 0.316. The van der Waals surface area contributed by atoms with Crippen LogP contribution in [0.3, 0.4) is 0 Å². The summed E-state index contributed by atoms with van der Waals surface area (Å²) < 4.78 is 7.76. The van der Waals surface area contributed by atoms with E-state index in [-0.39, 0.29) is 29.7 Å². The lowest BCUT2D eigenvalue weighted by molar-refractivity contribution is -0.671. The highest BCUT2D eigenvalue weighted by Crippen LogP contribution is 2.15. The van der Waals surface area contributed by atoms with E-state index >= 15 is 0 Å². The third-order valence-electron chi connectivity index (χ3n) is 5.50. The molecule has 0 aliphatic carbocycles. The minimum absolute atomic E-state index is 0. The predicted molar refractivity (Wildman–Crippen MR) is 116 cm³/mol. The molecule has 1 amide bonds. The van der Waals surface area contributed by atoms with Gasteiger partial charge in [-0.15, -0.1) is 15.0 Å². The Morgan fingerprint density at radius 3 is 2.86 bits per heavy atom. The summed E-state index contributed by atoms with van der Waals surface area (Å²) in [5.41, 5.74) is 11.4. The van der Waals surface area contributed by atoms with Gasteiger partial charge in [-0.25, -0.2) is 10.1 Å². The maximum absolute atomic E-state index is 13.0. The van der Waals surface area contributed by atoms with Crippen LogP contribution in [0, 0.1) is 0 Å². The highest BCUT2D eigenvalue weighted by Gasteiger charge is 2.32. The minimum Gasteiger partial charge on any atom is -1.00 e. The second-order valence-corrected chi connectivity index (χ2v) is 7.74. The third kappa shape index (κ3) is 4.99. The summed E-state index contributed by atoms with van der Waals surface area (Å²) in [7, 11) is 0. The molecular weight excluding hydrogens is 478 g/mol. The van der Waals surface area contributed by atoms with E-state index in [0.717, 1.165) is 37.2 Å². The Balaban J connectivity index is 0.00000289. The second-order valence-electron chi connectivity index (χ2n) is 7.74. The van der Waals surface area contributed by atoms with Gasteiger partial charge in [-0.3, -0.25) is 9.69 Å². The molecule has 1 fully saturated rings. The number of H-pyrrole nitrogens is 1. The van der Waals surface area contributed by atoms with Crippen LogP contribution in [-0.4, -0.2) is 70.4 Å². The van der Waals surface area contributed by atoms with E-state index in [1.807, 2.05) is 24.3 Å². The average molecular weight is 500 g/mol. The number of tetrazole rings is 1. The molecule has 5 rings (SSSR count). The van der Waals surface area contributed by atoms with Crippen LogP contribution in [0.2, 0.25) is 0 Å². The second kappa shape index (κ2) is 10.4. The Kier molecular flexibility index (Phi) is 7.07. The van der Waals surface area contributed by atoms with Gasteiger partial charge in [0.15, 0.2) is 5.69 Å². The van der Waals surface area contributed by atoms with E-state index in [0.29, 0.717) is 18.0 Å². The molecule has 0 saturated carbocycles. The molecule has 15 nitrogen and oxygen atoms in total. The van der Waals surface area contributed by atoms with E-state index in [1.54, 1.807) is 6.92 Å². The Labute approximate surface area is 204 Å². The number of anilines is 1. The van der Waals surface area contributed by atoms with Crippen LogP contribution >= 0.6 is 0 Å². The number of halogens is 1. The van der Waals surface area contributed by atoms with Crippen molar-refractivity contribution in [3.8, 4) is 11.5 Å². The summed E-state index contributed by atoms with van der Waals surface area (Å²) in [4.78, 5) is 15.3. The zero-order valence-corrected chi connectivity index (χ0v) is 19.4. The fourth-order valence-corrected chi connectivity index (χ4v) is 3.74. The van der Waals surface area contributed by atoms with Crippen molar-refractivity contribution < 1.29 is 26.5 Å². The molecular formula is C19H22ClN13O2. The lowest BCUT2D eigenvalue weighted by Crippen LogP contribution is -3.00. The predicted octanol–water partition coefficient (Wildman–Crippen LogP) is -3.62. The molecule has 1 aliphatic rings. The topological polar surface area (TPSA) is 186 Å². The maximum Gasteiger partial charge on any atom is 0.377 e. The van der Waals surface area contributed by atoms with Gasteiger partial charge in [0.05, 0.1) is 17.9 Å². The number of rotatable bonds is 7. The zero-order valence-electron chi connectivity index (χ0n) is 18.7. The van der Waals surface area contributed by atoms with E-state index in [2.05, 4.69) is 51.6 Å². The fourth-order valence-electron chi connectivity index (χ4n) is 3.74. The third-order valence-corrected chi connectivity index (χ3v) is 5.50. The van der Waals surface area contributed by atoms with Crippen molar-refractivity contribution in [2.75, 3.05) is 18.8 Å². The van der Waals surface area contributed by atoms with Crippen molar-refractivity contribution in [3.63, 3.8) is 0 Å². The highest BCUT2D eigenvalue weighted by molar-refractivity contribution is 6.00.